The maximum absolute atomic E-state index is 13.9. The summed E-state index contributed by atoms with van der Waals surface area (Å²) in [6.07, 6.45) is -0.993. The molecule has 0 radical (unpaired) electrons. The number of aryl methyl sites for hydroxylation is 8. The highest BCUT2D eigenvalue weighted by molar-refractivity contribution is 7.93. The van der Waals surface area contributed by atoms with Crippen LogP contribution in [-0.4, -0.2) is 45.1 Å². The summed E-state index contributed by atoms with van der Waals surface area (Å²) >= 11 is 14.4. The molecule has 4 N–H and O–H groups in total. The van der Waals surface area contributed by atoms with E-state index >= 15 is 0 Å². The zero-order valence-corrected chi connectivity index (χ0v) is 42.6. The molecule has 2 aromatic carbocycles. The van der Waals surface area contributed by atoms with Gasteiger partial charge in [-0.1, -0.05) is 45.6 Å². The fraction of sp³-hybridized carbons (Fsp3) is 0.326. The first-order valence-corrected chi connectivity index (χ1v) is 25.2. The van der Waals surface area contributed by atoms with Crippen molar-refractivity contribution in [2.45, 2.75) is 106 Å². The molecule has 0 aliphatic rings. The molecule has 0 aliphatic heterocycles. The molecule has 0 aliphatic carbocycles. The Hall–Kier alpha value is -5.45. The standard InChI is InChI=1S/C43H46Cl2N6O11S4/c1-17-13-19(3)33(46-39(52)35-37(21(5)27(11)63-35)65(55,56)50-41-31(44)25(9)48-61-41)23(7)29(17)15-59-43(54)60-16-30-18(2)14-20(4)34(24(30)8)47-40(53)36-38(22(6)28(12)64-36)66(57,58)51-42-32(45)26(10)49-62-42/h13-14,50-51H,15-16H2,1-12H3,(H,46,52)(H,47,53). The fourth-order valence-electron chi connectivity index (χ4n) is 7.27. The van der Waals surface area contributed by atoms with Crippen LogP contribution >= 0.6 is 45.9 Å². The average molecular weight is 1020 g/mol. The summed E-state index contributed by atoms with van der Waals surface area (Å²) in [5, 5.41) is 13.1. The molecular weight excluding hydrogens is 976 g/mol. The third kappa shape index (κ3) is 9.82. The smallest absolute Gasteiger partial charge is 0.429 e. The molecule has 23 heteroatoms. The van der Waals surface area contributed by atoms with Gasteiger partial charge in [-0.25, -0.2) is 31.1 Å². The lowest BCUT2D eigenvalue weighted by Crippen LogP contribution is -2.20. The van der Waals surface area contributed by atoms with E-state index in [1.165, 1.54) is 0 Å². The number of sulfonamides is 2. The molecule has 0 bridgehead atoms. The van der Waals surface area contributed by atoms with E-state index in [1.54, 1.807) is 81.4 Å². The number of rotatable bonds is 14. The van der Waals surface area contributed by atoms with Gasteiger partial charge in [0, 0.05) is 21.1 Å². The lowest BCUT2D eigenvalue weighted by Gasteiger charge is -2.19. The van der Waals surface area contributed by atoms with Crippen LogP contribution in [-0.2, 0) is 42.7 Å². The molecule has 4 heterocycles. The Balaban J connectivity index is 1.16. The van der Waals surface area contributed by atoms with Crippen molar-refractivity contribution >= 4 is 107 Å². The van der Waals surface area contributed by atoms with Crippen molar-refractivity contribution in [2.24, 2.45) is 0 Å². The third-order valence-corrected chi connectivity index (χ3v) is 17.6. The van der Waals surface area contributed by atoms with E-state index in [-0.39, 0.29) is 66.0 Å². The predicted molar refractivity (Wildman–Crippen MR) is 254 cm³/mol. The predicted octanol–water partition coefficient (Wildman–Crippen LogP) is 10.8. The molecule has 6 aromatic rings. The lowest BCUT2D eigenvalue weighted by atomic mass is 9.97. The molecule has 4 aromatic heterocycles. The number of halogens is 2. The largest absolute Gasteiger partial charge is 0.508 e. The van der Waals surface area contributed by atoms with Crippen LogP contribution in [0.2, 0.25) is 10.0 Å². The molecule has 0 saturated heterocycles. The number of hydrogen-bond acceptors (Lipinski definition) is 15. The lowest BCUT2D eigenvalue weighted by molar-refractivity contribution is 0.0442. The monoisotopic (exact) mass is 1020 g/mol. The van der Waals surface area contributed by atoms with E-state index < -0.39 is 38.0 Å². The van der Waals surface area contributed by atoms with Crippen molar-refractivity contribution in [3.63, 3.8) is 0 Å². The summed E-state index contributed by atoms with van der Waals surface area (Å²) in [4.78, 5) is 41.6. The Kier molecular flexibility index (Phi) is 14.4. The van der Waals surface area contributed by atoms with Gasteiger partial charge in [0.15, 0.2) is 0 Å². The van der Waals surface area contributed by atoms with Crippen molar-refractivity contribution in [3.8, 4) is 0 Å². The minimum atomic E-state index is -4.36. The summed E-state index contributed by atoms with van der Waals surface area (Å²) in [6, 6.07) is 3.61. The maximum atomic E-state index is 13.9. The van der Waals surface area contributed by atoms with Crippen molar-refractivity contribution < 1.29 is 49.7 Å². The molecule has 2 amide bonds. The summed E-state index contributed by atoms with van der Waals surface area (Å²) < 4.78 is 80.4. The summed E-state index contributed by atoms with van der Waals surface area (Å²) in [5.41, 5.74) is 7.31. The number of aromatic nitrogens is 2. The molecule has 0 unspecified atom stereocenters. The molecule has 17 nitrogen and oxygen atoms in total. The number of anilines is 4. The normalized spacial score (nSPS) is 11.7. The Labute approximate surface area is 399 Å². The number of amides is 2. The minimum absolute atomic E-state index is 0.0115. The van der Waals surface area contributed by atoms with E-state index in [2.05, 4.69) is 30.4 Å². The van der Waals surface area contributed by atoms with E-state index in [4.69, 9.17) is 41.7 Å². The van der Waals surface area contributed by atoms with Crippen LogP contribution in [0, 0.1) is 83.1 Å². The van der Waals surface area contributed by atoms with Gasteiger partial charge in [-0.3, -0.25) is 9.59 Å². The third-order valence-electron chi connectivity index (χ3n) is 11.1. The molecule has 66 heavy (non-hydrogen) atoms. The molecule has 6 rings (SSSR count). The highest BCUT2D eigenvalue weighted by atomic mass is 35.5. The van der Waals surface area contributed by atoms with Gasteiger partial charge in [-0.15, -0.1) is 22.7 Å². The number of carbonyl (C=O) groups excluding carboxylic acids is 3. The van der Waals surface area contributed by atoms with Crippen LogP contribution < -0.4 is 20.1 Å². The topological polar surface area (TPSA) is 238 Å². The van der Waals surface area contributed by atoms with E-state index in [9.17, 15) is 31.2 Å². The number of thiophene rings is 2. The molecule has 352 valence electrons. The van der Waals surface area contributed by atoms with Gasteiger partial charge in [0.05, 0.1) is 0 Å². The van der Waals surface area contributed by atoms with Crippen LogP contribution in [0.5, 0.6) is 0 Å². The molecule has 0 spiro atoms. The number of nitrogens with one attached hydrogen (secondary N) is 4. The van der Waals surface area contributed by atoms with E-state index in [0.717, 1.165) is 33.8 Å². The number of ether oxygens (including phenoxy) is 2. The zero-order chi connectivity index (χ0) is 48.9. The Morgan fingerprint density at radius 1 is 0.576 bits per heavy atom. The first-order chi connectivity index (χ1) is 30.7. The molecule has 0 atom stereocenters. The molecule has 0 fully saturated rings. The van der Waals surface area contributed by atoms with Crippen LogP contribution in [0.3, 0.4) is 0 Å². The van der Waals surface area contributed by atoms with Crippen LogP contribution in [0.15, 0.2) is 31.0 Å². The van der Waals surface area contributed by atoms with Crippen LogP contribution in [0.1, 0.15) is 96.1 Å². The van der Waals surface area contributed by atoms with Gasteiger partial charge < -0.3 is 29.2 Å². The van der Waals surface area contributed by atoms with Gasteiger partial charge in [0.2, 0.25) is 0 Å². The van der Waals surface area contributed by atoms with Crippen molar-refractivity contribution in [1.29, 1.82) is 0 Å². The first kappa shape index (κ1) is 50.0. The highest BCUT2D eigenvalue weighted by Gasteiger charge is 2.33. The Morgan fingerprint density at radius 3 is 1.24 bits per heavy atom. The van der Waals surface area contributed by atoms with Gasteiger partial charge in [0.25, 0.3) is 43.6 Å². The quantitative estimate of drug-likeness (QED) is 0.0744. The maximum Gasteiger partial charge on any atom is 0.508 e. The average Bonchev–Trinajstić information content (AvgIpc) is 3.93. The highest BCUT2D eigenvalue weighted by Crippen LogP contribution is 2.38. The summed E-state index contributed by atoms with van der Waals surface area (Å²) in [7, 11) is -8.72. The minimum Gasteiger partial charge on any atom is -0.429 e. The van der Waals surface area contributed by atoms with Crippen molar-refractivity contribution in [1.82, 2.24) is 10.3 Å². The second-order valence-electron chi connectivity index (χ2n) is 15.6. The van der Waals surface area contributed by atoms with E-state index in [0.29, 0.717) is 65.6 Å². The van der Waals surface area contributed by atoms with E-state index in [1.807, 2.05) is 13.8 Å². The fourth-order valence-corrected chi connectivity index (χ4v) is 13.3. The van der Waals surface area contributed by atoms with Gasteiger partial charge >= 0.3 is 6.16 Å². The number of hydrogen-bond donors (Lipinski definition) is 4. The van der Waals surface area contributed by atoms with Crippen LogP contribution in [0.25, 0.3) is 0 Å². The number of carbonyl (C=O) groups is 3. The number of benzene rings is 2. The molecular formula is C43H46Cl2N6O11S4. The number of nitrogens with zero attached hydrogens (tertiary/aromatic N) is 2. The van der Waals surface area contributed by atoms with Crippen molar-refractivity contribution in [2.75, 3.05) is 20.1 Å². The zero-order valence-electron chi connectivity index (χ0n) is 37.8. The Morgan fingerprint density at radius 2 is 0.924 bits per heavy atom. The molecule has 0 saturated carbocycles. The van der Waals surface area contributed by atoms with Gasteiger partial charge in [-0.2, -0.15) is 0 Å². The summed E-state index contributed by atoms with van der Waals surface area (Å²) in [6.45, 7) is 19.9. The van der Waals surface area contributed by atoms with Crippen LogP contribution in [0.4, 0.5) is 27.9 Å². The summed E-state index contributed by atoms with van der Waals surface area (Å²) in [5.74, 6) is -1.91. The second kappa shape index (κ2) is 19.0. The van der Waals surface area contributed by atoms with Gasteiger partial charge in [0.1, 0.15) is 54.2 Å². The Bertz CT molecular complexity index is 3000. The van der Waals surface area contributed by atoms with Gasteiger partial charge in [-0.05, 0) is 139 Å². The van der Waals surface area contributed by atoms with Crippen molar-refractivity contribution in [3.05, 3.63) is 109 Å². The second-order valence-corrected chi connectivity index (χ2v) is 22.1. The SMILES string of the molecule is Cc1cc(C)c(NC(=O)c2sc(C)c(C)c2S(=O)(=O)Nc2onc(C)c2Cl)c(C)c1COC(=O)OCc1c(C)cc(C)c(NC(=O)c2sc(C)c(C)c2S(=O)(=O)Nc2onc(C)c2Cl)c1C. The first-order valence-electron chi connectivity index (χ1n) is 19.9.